The van der Waals surface area contributed by atoms with E-state index in [9.17, 15) is 4.79 Å². The monoisotopic (exact) mass is 364 g/mol. The van der Waals surface area contributed by atoms with Gasteiger partial charge in [0, 0.05) is 25.3 Å². The second kappa shape index (κ2) is 7.90. The Morgan fingerprint density at radius 2 is 1.67 bits per heavy atom. The molecule has 27 heavy (non-hydrogen) atoms. The minimum Gasteiger partial charge on any atom is -0.357 e. The number of hydrogen-bond donors (Lipinski definition) is 3. The molecule has 140 valence electrons. The van der Waals surface area contributed by atoms with Crippen molar-refractivity contribution in [3.05, 3.63) is 59.7 Å². The average Bonchev–Trinajstić information content (AvgIpc) is 3.10. The first-order chi connectivity index (χ1) is 13.0. The largest absolute Gasteiger partial charge is 0.357 e. The van der Waals surface area contributed by atoms with E-state index in [1.165, 1.54) is 5.56 Å². The fourth-order valence-electron chi connectivity index (χ4n) is 2.69. The third-order valence-corrected chi connectivity index (χ3v) is 4.27. The van der Waals surface area contributed by atoms with E-state index in [0.29, 0.717) is 23.4 Å². The summed E-state index contributed by atoms with van der Waals surface area (Å²) in [6.45, 7) is 4.34. The van der Waals surface area contributed by atoms with Crippen molar-refractivity contribution in [3.8, 4) is 5.69 Å². The van der Waals surface area contributed by atoms with Gasteiger partial charge in [0.05, 0.1) is 5.69 Å². The smallest absolute Gasteiger partial charge is 0.251 e. The van der Waals surface area contributed by atoms with Crippen molar-refractivity contribution in [2.75, 3.05) is 24.7 Å². The predicted molar refractivity (Wildman–Crippen MR) is 108 cm³/mol. The molecule has 3 rings (SSSR count). The standard InChI is InChI=1S/C20H24N6O/c1-13(2)14-7-11-17(12-8-14)26-20(22-4)24-19(25-26)23-16-9-5-15(6-10-16)18(27)21-3/h5-13H,1-4H3,(H,21,27)(H2,22,23,24,25). The van der Waals surface area contributed by atoms with Crippen LogP contribution in [0, 0.1) is 0 Å². The third kappa shape index (κ3) is 4.08. The van der Waals surface area contributed by atoms with Gasteiger partial charge in [-0.15, -0.1) is 5.10 Å². The zero-order valence-electron chi connectivity index (χ0n) is 15.9. The second-order valence-corrected chi connectivity index (χ2v) is 6.45. The lowest BCUT2D eigenvalue weighted by molar-refractivity contribution is 0.0963. The first kappa shape index (κ1) is 18.4. The maximum atomic E-state index is 11.6. The van der Waals surface area contributed by atoms with Crippen LogP contribution in [0.1, 0.15) is 35.7 Å². The Hall–Kier alpha value is -3.35. The molecule has 1 amide bonds. The molecule has 0 spiro atoms. The van der Waals surface area contributed by atoms with Gasteiger partial charge in [-0.25, -0.2) is 0 Å². The lowest BCUT2D eigenvalue weighted by Crippen LogP contribution is -2.17. The van der Waals surface area contributed by atoms with Gasteiger partial charge in [0.1, 0.15) is 0 Å². The normalized spacial score (nSPS) is 10.7. The first-order valence-corrected chi connectivity index (χ1v) is 8.86. The molecule has 0 atom stereocenters. The maximum absolute atomic E-state index is 11.6. The SMILES string of the molecule is CNC(=O)c1ccc(Nc2nc(NC)n(-c3ccc(C(C)C)cc3)n2)cc1. The van der Waals surface area contributed by atoms with Gasteiger partial charge in [-0.1, -0.05) is 26.0 Å². The summed E-state index contributed by atoms with van der Waals surface area (Å²) in [5.74, 6) is 1.47. The van der Waals surface area contributed by atoms with Crippen LogP contribution < -0.4 is 16.0 Å². The number of nitrogens with one attached hydrogen (secondary N) is 3. The van der Waals surface area contributed by atoms with Crippen LogP contribution in [0.25, 0.3) is 5.69 Å². The summed E-state index contributed by atoms with van der Waals surface area (Å²) in [5.41, 5.74) is 3.61. The van der Waals surface area contributed by atoms with E-state index in [-0.39, 0.29) is 5.91 Å². The van der Waals surface area contributed by atoms with E-state index in [4.69, 9.17) is 0 Å². The van der Waals surface area contributed by atoms with Crippen LogP contribution >= 0.6 is 0 Å². The maximum Gasteiger partial charge on any atom is 0.251 e. The quantitative estimate of drug-likeness (QED) is 0.623. The Balaban J connectivity index is 1.82. The van der Waals surface area contributed by atoms with Gasteiger partial charge in [0.15, 0.2) is 0 Å². The van der Waals surface area contributed by atoms with Gasteiger partial charge < -0.3 is 16.0 Å². The summed E-state index contributed by atoms with van der Waals surface area (Å²) in [6.07, 6.45) is 0. The van der Waals surface area contributed by atoms with Crippen LogP contribution in [0.15, 0.2) is 48.5 Å². The van der Waals surface area contributed by atoms with E-state index in [1.54, 1.807) is 23.9 Å². The van der Waals surface area contributed by atoms with Crippen molar-refractivity contribution in [2.45, 2.75) is 19.8 Å². The Kier molecular flexibility index (Phi) is 5.40. The predicted octanol–water partition coefficient (Wildman–Crippen LogP) is 3.54. The number of rotatable bonds is 6. The van der Waals surface area contributed by atoms with E-state index in [0.717, 1.165) is 11.4 Å². The molecular weight excluding hydrogens is 340 g/mol. The average molecular weight is 364 g/mol. The number of amides is 1. The number of anilines is 3. The van der Waals surface area contributed by atoms with E-state index in [1.807, 2.05) is 31.3 Å². The molecule has 0 fully saturated rings. The molecule has 0 unspecified atom stereocenters. The van der Waals surface area contributed by atoms with E-state index < -0.39 is 0 Å². The zero-order valence-corrected chi connectivity index (χ0v) is 15.9. The summed E-state index contributed by atoms with van der Waals surface area (Å²) in [7, 11) is 3.42. The molecule has 0 radical (unpaired) electrons. The molecule has 0 aliphatic carbocycles. The molecule has 2 aromatic carbocycles. The highest BCUT2D eigenvalue weighted by molar-refractivity contribution is 5.94. The van der Waals surface area contributed by atoms with Crippen LogP contribution in [-0.2, 0) is 0 Å². The van der Waals surface area contributed by atoms with Crippen molar-refractivity contribution < 1.29 is 4.79 Å². The topological polar surface area (TPSA) is 83.9 Å². The van der Waals surface area contributed by atoms with Crippen LogP contribution in [0.5, 0.6) is 0 Å². The van der Waals surface area contributed by atoms with Gasteiger partial charge in [0.2, 0.25) is 11.9 Å². The zero-order chi connectivity index (χ0) is 19.4. The van der Waals surface area contributed by atoms with Crippen LogP contribution in [0.3, 0.4) is 0 Å². The van der Waals surface area contributed by atoms with Crippen molar-refractivity contribution in [3.63, 3.8) is 0 Å². The molecule has 7 nitrogen and oxygen atoms in total. The highest BCUT2D eigenvalue weighted by Crippen LogP contribution is 2.21. The van der Waals surface area contributed by atoms with Gasteiger partial charge in [0.25, 0.3) is 5.91 Å². The minimum atomic E-state index is -0.119. The van der Waals surface area contributed by atoms with Gasteiger partial charge in [-0.2, -0.15) is 9.67 Å². The van der Waals surface area contributed by atoms with E-state index >= 15 is 0 Å². The number of nitrogens with zero attached hydrogens (tertiary/aromatic N) is 3. The Morgan fingerprint density at radius 3 is 2.22 bits per heavy atom. The van der Waals surface area contributed by atoms with E-state index in [2.05, 4.69) is 52.0 Å². The van der Waals surface area contributed by atoms with Gasteiger partial charge in [-0.3, -0.25) is 4.79 Å². The lowest BCUT2D eigenvalue weighted by Gasteiger charge is -2.08. The lowest BCUT2D eigenvalue weighted by atomic mass is 10.0. The highest BCUT2D eigenvalue weighted by Gasteiger charge is 2.11. The van der Waals surface area contributed by atoms with Crippen LogP contribution in [0.2, 0.25) is 0 Å². The number of carbonyl (C=O) groups is 1. The Bertz CT molecular complexity index is 913. The molecule has 0 aliphatic rings. The summed E-state index contributed by atoms with van der Waals surface area (Å²) < 4.78 is 1.76. The van der Waals surface area contributed by atoms with Gasteiger partial charge in [-0.05, 0) is 47.9 Å². The van der Waals surface area contributed by atoms with Crippen LogP contribution in [-0.4, -0.2) is 34.8 Å². The van der Waals surface area contributed by atoms with Crippen LogP contribution in [0.4, 0.5) is 17.6 Å². The molecule has 0 saturated carbocycles. The van der Waals surface area contributed by atoms with Crippen molar-refractivity contribution in [2.24, 2.45) is 0 Å². The summed E-state index contributed by atoms with van der Waals surface area (Å²) >= 11 is 0. The number of hydrogen-bond acceptors (Lipinski definition) is 5. The summed E-state index contributed by atoms with van der Waals surface area (Å²) in [5, 5.41) is 13.4. The number of benzene rings is 2. The molecule has 1 aromatic heterocycles. The molecule has 1 heterocycles. The van der Waals surface area contributed by atoms with Crippen molar-refractivity contribution in [1.29, 1.82) is 0 Å². The molecule has 0 aliphatic heterocycles. The molecule has 7 heteroatoms. The fraction of sp³-hybridized carbons (Fsp3) is 0.250. The summed E-state index contributed by atoms with van der Waals surface area (Å²) in [6, 6.07) is 15.4. The number of carbonyl (C=O) groups excluding carboxylic acids is 1. The molecular formula is C20H24N6O. The molecule has 3 N–H and O–H groups in total. The molecule has 3 aromatic rings. The van der Waals surface area contributed by atoms with Crippen molar-refractivity contribution in [1.82, 2.24) is 20.1 Å². The highest BCUT2D eigenvalue weighted by atomic mass is 16.1. The number of aromatic nitrogens is 3. The molecule has 0 bridgehead atoms. The Morgan fingerprint density at radius 1 is 1.00 bits per heavy atom. The summed E-state index contributed by atoms with van der Waals surface area (Å²) in [4.78, 5) is 16.1. The Labute approximate surface area is 158 Å². The van der Waals surface area contributed by atoms with Crippen molar-refractivity contribution >= 4 is 23.5 Å². The first-order valence-electron chi connectivity index (χ1n) is 8.86. The third-order valence-electron chi connectivity index (χ3n) is 4.27. The molecule has 0 saturated heterocycles. The van der Waals surface area contributed by atoms with Gasteiger partial charge >= 0.3 is 0 Å². The fourth-order valence-corrected chi connectivity index (χ4v) is 2.69. The second-order valence-electron chi connectivity index (χ2n) is 6.45. The minimum absolute atomic E-state index is 0.119.